The molecule has 1 N–H and O–H groups in total. The first-order valence-electron chi connectivity index (χ1n) is 4.40. The Morgan fingerprint density at radius 1 is 1.38 bits per heavy atom. The molecule has 4 nitrogen and oxygen atoms in total. The van der Waals surface area contributed by atoms with Gasteiger partial charge in [0.25, 0.3) is 0 Å². The summed E-state index contributed by atoms with van der Waals surface area (Å²) >= 11 is 0. The van der Waals surface area contributed by atoms with Gasteiger partial charge in [0, 0.05) is 13.7 Å². The molecule has 0 atom stereocenters. The minimum absolute atomic E-state index is 0.0495. The fourth-order valence-corrected chi connectivity index (χ4v) is 3.24. The van der Waals surface area contributed by atoms with Crippen LogP contribution in [-0.4, -0.2) is 44.3 Å². The smallest absolute Gasteiger partial charge is 0.150 e. The van der Waals surface area contributed by atoms with Gasteiger partial charge in [-0.3, -0.25) is 0 Å². The molecule has 1 rings (SSSR count). The SMILES string of the molecule is COC1(CCO)CCS(=O)(=O)CC1. The average Bonchev–Trinajstić information content (AvgIpc) is 2.10. The van der Waals surface area contributed by atoms with Gasteiger partial charge in [0.05, 0.1) is 17.1 Å². The highest BCUT2D eigenvalue weighted by atomic mass is 32.2. The van der Waals surface area contributed by atoms with Gasteiger partial charge in [-0.15, -0.1) is 0 Å². The van der Waals surface area contributed by atoms with E-state index in [1.54, 1.807) is 7.11 Å². The quantitative estimate of drug-likeness (QED) is 0.707. The van der Waals surface area contributed by atoms with Gasteiger partial charge in [-0.25, -0.2) is 8.42 Å². The van der Waals surface area contributed by atoms with Crippen molar-refractivity contribution in [3.8, 4) is 0 Å². The number of methoxy groups -OCH3 is 1. The summed E-state index contributed by atoms with van der Waals surface area (Å²) in [4.78, 5) is 0. The number of hydrogen-bond acceptors (Lipinski definition) is 4. The van der Waals surface area contributed by atoms with Crippen LogP contribution < -0.4 is 0 Å². The zero-order valence-electron chi connectivity index (χ0n) is 7.82. The van der Waals surface area contributed by atoms with Gasteiger partial charge in [-0.1, -0.05) is 0 Å². The van der Waals surface area contributed by atoms with Gasteiger partial charge >= 0.3 is 0 Å². The Hall–Kier alpha value is -0.130. The summed E-state index contributed by atoms with van der Waals surface area (Å²) in [5.74, 6) is 0.363. The molecule has 1 aliphatic rings. The second-order valence-electron chi connectivity index (χ2n) is 3.51. The third-order valence-corrected chi connectivity index (χ3v) is 4.39. The van der Waals surface area contributed by atoms with Crippen LogP contribution in [0.2, 0.25) is 0 Å². The largest absolute Gasteiger partial charge is 0.396 e. The van der Waals surface area contributed by atoms with Crippen LogP contribution >= 0.6 is 0 Å². The summed E-state index contributed by atoms with van der Waals surface area (Å²) in [5, 5.41) is 8.82. The van der Waals surface area contributed by atoms with Crippen molar-refractivity contribution >= 4 is 9.84 Å². The molecule has 0 saturated carbocycles. The van der Waals surface area contributed by atoms with Crippen molar-refractivity contribution in [1.29, 1.82) is 0 Å². The zero-order chi connectivity index (χ0) is 9.95. The van der Waals surface area contributed by atoms with Gasteiger partial charge in [-0.05, 0) is 19.3 Å². The Morgan fingerprint density at radius 3 is 2.31 bits per heavy atom. The number of aliphatic hydroxyl groups excluding tert-OH is 1. The molecule has 0 aromatic carbocycles. The van der Waals surface area contributed by atoms with Gasteiger partial charge in [0.15, 0.2) is 9.84 Å². The highest BCUT2D eigenvalue weighted by molar-refractivity contribution is 7.91. The second kappa shape index (κ2) is 3.94. The number of hydrogen-bond donors (Lipinski definition) is 1. The van der Waals surface area contributed by atoms with Crippen LogP contribution in [-0.2, 0) is 14.6 Å². The first-order valence-corrected chi connectivity index (χ1v) is 6.22. The van der Waals surface area contributed by atoms with Crippen molar-refractivity contribution in [2.24, 2.45) is 0 Å². The van der Waals surface area contributed by atoms with E-state index in [9.17, 15) is 8.42 Å². The Bertz CT molecular complexity index is 243. The van der Waals surface area contributed by atoms with Crippen molar-refractivity contribution in [2.75, 3.05) is 25.2 Å². The molecule has 0 aromatic rings. The number of rotatable bonds is 3. The van der Waals surface area contributed by atoms with Gasteiger partial charge in [-0.2, -0.15) is 0 Å². The van der Waals surface area contributed by atoms with Crippen molar-refractivity contribution < 1.29 is 18.3 Å². The Balaban J connectivity index is 2.63. The van der Waals surface area contributed by atoms with Crippen LogP contribution in [0.4, 0.5) is 0 Å². The molecule has 5 heteroatoms. The highest BCUT2D eigenvalue weighted by Gasteiger charge is 2.36. The molecule has 1 saturated heterocycles. The molecule has 0 radical (unpaired) electrons. The minimum atomic E-state index is -2.84. The maximum atomic E-state index is 11.1. The predicted octanol–water partition coefficient (Wildman–Crippen LogP) is -0.0374. The Kier molecular flexibility index (Phi) is 3.32. The van der Waals surface area contributed by atoms with E-state index in [-0.39, 0.29) is 18.1 Å². The lowest BCUT2D eigenvalue weighted by Crippen LogP contribution is -2.41. The van der Waals surface area contributed by atoms with Crippen molar-refractivity contribution in [2.45, 2.75) is 24.9 Å². The molecule has 0 spiro atoms. The van der Waals surface area contributed by atoms with Crippen molar-refractivity contribution in [3.05, 3.63) is 0 Å². The topological polar surface area (TPSA) is 63.6 Å². The third-order valence-electron chi connectivity index (χ3n) is 2.74. The number of aliphatic hydroxyl groups is 1. The van der Waals surface area contributed by atoms with E-state index >= 15 is 0 Å². The van der Waals surface area contributed by atoms with Crippen LogP contribution in [0.3, 0.4) is 0 Å². The van der Waals surface area contributed by atoms with Crippen molar-refractivity contribution in [3.63, 3.8) is 0 Å². The van der Waals surface area contributed by atoms with E-state index in [1.807, 2.05) is 0 Å². The summed E-state index contributed by atoms with van der Waals surface area (Å²) in [7, 11) is -1.27. The molecule has 0 bridgehead atoms. The van der Waals surface area contributed by atoms with E-state index in [0.717, 1.165) is 0 Å². The highest BCUT2D eigenvalue weighted by Crippen LogP contribution is 2.29. The van der Waals surface area contributed by atoms with Crippen LogP contribution in [0.5, 0.6) is 0 Å². The summed E-state index contributed by atoms with van der Waals surface area (Å²) in [5.41, 5.74) is -0.403. The van der Waals surface area contributed by atoms with Gasteiger partial charge in [0.1, 0.15) is 0 Å². The van der Waals surface area contributed by atoms with Crippen LogP contribution in [0.25, 0.3) is 0 Å². The summed E-state index contributed by atoms with van der Waals surface area (Å²) in [6, 6.07) is 0. The molecule has 13 heavy (non-hydrogen) atoms. The molecule has 1 heterocycles. The maximum Gasteiger partial charge on any atom is 0.150 e. The molecule has 0 aliphatic carbocycles. The van der Waals surface area contributed by atoms with E-state index in [1.165, 1.54) is 0 Å². The van der Waals surface area contributed by atoms with Crippen molar-refractivity contribution in [1.82, 2.24) is 0 Å². The normalized spacial score (nSPS) is 25.7. The molecular weight excluding hydrogens is 192 g/mol. The van der Waals surface area contributed by atoms with Crippen LogP contribution in [0, 0.1) is 0 Å². The van der Waals surface area contributed by atoms with E-state index < -0.39 is 15.4 Å². The monoisotopic (exact) mass is 208 g/mol. The number of sulfone groups is 1. The lowest BCUT2D eigenvalue weighted by Gasteiger charge is -2.35. The van der Waals surface area contributed by atoms with Crippen LogP contribution in [0.15, 0.2) is 0 Å². The summed E-state index contributed by atoms with van der Waals surface area (Å²) < 4.78 is 27.6. The summed E-state index contributed by atoms with van der Waals surface area (Å²) in [6.07, 6.45) is 1.54. The van der Waals surface area contributed by atoms with E-state index in [4.69, 9.17) is 9.84 Å². The Labute approximate surface area is 78.8 Å². The fourth-order valence-electron chi connectivity index (χ4n) is 1.67. The molecular formula is C8H16O4S. The average molecular weight is 208 g/mol. The second-order valence-corrected chi connectivity index (χ2v) is 5.82. The molecule has 0 amide bonds. The number of ether oxygens (including phenoxy) is 1. The molecule has 0 unspecified atom stereocenters. The molecule has 0 aromatic heterocycles. The molecule has 1 aliphatic heterocycles. The molecule has 1 fully saturated rings. The van der Waals surface area contributed by atoms with Gasteiger partial charge < -0.3 is 9.84 Å². The van der Waals surface area contributed by atoms with E-state index in [2.05, 4.69) is 0 Å². The van der Waals surface area contributed by atoms with E-state index in [0.29, 0.717) is 19.3 Å². The lowest BCUT2D eigenvalue weighted by molar-refractivity contribution is -0.0353. The first kappa shape index (κ1) is 10.9. The first-order chi connectivity index (χ1) is 6.04. The predicted molar refractivity (Wildman–Crippen MR) is 49.3 cm³/mol. The fraction of sp³-hybridized carbons (Fsp3) is 1.00. The lowest BCUT2D eigenvalue weighted by atomic mass is 9.93. The minimum Gasteiger partial charge on any atom is -0.396 e. The molecule has 78 valence electrons. The maximum absolute atomic E-state index is 11.1. The van der Waals surface area contributed by atoms with Crippen LogP contribution in [0.1, 0.15) is 19.3 Å². The third kappa shape index (κ3) is 2.65. The summed E-state index contributed by atoms with van der Waals surface area (Å²) in [6.45, 7) is 0.0495. The Morgan fingerprint density at radius 2 is 1.92 bits per heavy atom. The zero-order valence-corrected chi connectivity index (χ0v) is 8.64. The standard InChI is InChI=1S/C8H16O4S/c1-12-8(2-5-9)3-6-13(10,11)7-4-8/h9H,2-7H2,1H3. The van der Waals surface area contributed by atoms with Gasteiger partial charge in [0.2, 0.25) is 0 Å².